The Morgan fingerprint density at radius 1 is 1.15 bits per heavy atom. The van der Waals surface area contributed by atoms with Crippen LogP contribution in [0.4, 0.5) is 0 Å². The molecule has 0 fully saturated rings. The van der Waals surface area contributed by atoms with E-state index in [4.69, 9.17) is 16.3 Å². The number of ether oxygens (including phenoxy) is 1. The Morgan fingerprint density at radius 3 is 2.70 bits per heavy atom. The first-order chi connectivity index (χ1) is 13.2. The van der Waals surface area contributed by atoms with Gasteiger partial charge in [0, 0.05) is 6.54 Å². The fraction of sp³-hybridized carbons (Fsp3) is 0.150. The van der Waals surface area contributed by atoms with E-state index in [-0.39, 0.29) is 10.9 Å². The Labute approximate surface area is 166 Å². The molecule has 0 bridgehead atoms. The average molecular weight is 400 g/mol. The maximum atomic E-state index is 12.2. The third-order valence-corrected chi connectivity index (χ3v) is 4.94. The normalized spacial score (nSPS) is 11.3. The van der Waals surface area contributed by atoms with Crippen molar-refractivity contribution >= 4 is 40.0 Å². The predicted molar refractivity (Wildman–Crippen MR) is 109 cm³/mol. The van der Waals surface area contributed by atoms with Crippen LogP contribution in [0.1, 0.15) is 32.9 Å². The Morgan fingerprint density at radius 2 is 1.93 bits per heavy atom. The maximum absolute atomic E-state index is 12.2. The molecular weight excluding hydrogens is 382 g/mol. The number of hydrogen-bond donors (Lipinski definition) is 1. The molecule has 0 aliphatic heterocycles. The maximum Gasteiger partial charge on any atom is 0.282 e. The molecule has 3 rings (SSSR count). The van der Waals surface area contributed by atoms with E-state index >= 15 is 0 Å². The third kappa shape index (κ3) is 5.39. The van der Waals surface area contributed by atoms with Crippen molar-refractivity contribution in [3.8, 4) is 5.75 Å². The Balaban J connectivity index is 1.67. The zero-order valence-electron chi connectivity index (χ0n) is 14.7. The number of hydrogen-bond acceptors (Lipinski definition) is 5. The number of halogens is 1. The molecule has 0 radical (unpaired) electrons. The minimum Gasteiger partial charge on any atom is -0.494 e. The van der Waals surface area contributed by atoms with Crippen LogP contribution in [-0.2, 0) is 6.54 Å². The second-order valence-corrected chi connectivity index (χ2v) is 6.96. The highest BCUT2D eigenvalue weighted by atomic mass is 35.5. The number of rotatable bonds is 7. The summed E-state index contributed by atoms with van der Waals surface area (Å²) in [5, 5.41) is 12.0. The Bertz CT molecular complexity index is 941. The van der Waals surface area contributed by atoms with Crippen molar-refractivity contribution in [1.82, 2.24) is 15.5 Å². The number of nitrogens with zero attached hydrogens (tertiary/aromatic N) is 2. The molecule has 138 valence electrons. The van der Waals surface area contributed by atoms with Crippen LogP contribution >= 0.6 is 22.9 Å². The van der Waals surface area contributed by atoms with Gasteiger partial charge < -0.3 is 10.1 Å². The molecule has 5 nitrogen and oxygen atoms in total. The van der Waals surface area contributed by atoms with Crippen LogP contribution in [0.5, 0.6) is 5.75 Å². The molecule has 1 N–H and O–H groups in total. The molecule has 2 aromatic carbocycles. The van der Waals surface area contributed by atoms with E-state index in [0.717, 1.165) is 28.2 Å². The summed E-state index contributed by atoms with van der Waals surface area (Å²) in [5.41, 5.74) is 1.90. The fourth-order valence-corrected chi connectivity index (χ4v) is 3.28. The van der Waals surface area contributed by atoms with Gasteiger partial charge in [-0.2, -0.15) is 0 Å². The van der Waals surface area contributed by atoms with E-state index in [1.54, 1.807) is 6.08 Å². The van der Waals surface area contributed by atoms with Gasteiger partial charge in [0.05, 0.1) is 11.6 Å². The predicted octanol–water partition coefficient (Wildman–Crippen LogP) is 4.60. The highest BCUT2D eigenvalue weighted by molar-refractivity contribution is 7.15. The van der Waals surface area contributed by atoms with Gasteiger partial charge >= 0.3 is 0 Å². The molecule has 1 heterocycles. The summed E-state index contributed by atoms with van der Waals surface area (Å²) in [7, 11) is 0. The van der Waals surface area contributed by atoms with Crippen molar-refractivity contribution in [1.29, 1.82) is 0 Å². The molecule has 0 unspecified atom stereocenters. The van der Waals surface area contributed by atoms with Gasteiger partial charge in [0.2, 0.25) is 5.01 Å². The Kier molecular flexibility index (Phi) is 6.57. The lowest BCUT2D eigenvalue weighted by atomic mass is 10.2. The number of amides is 1. The molecule has 1 aromatic heterocycles. The molecule has 3 aromatic rings. The van der Waals surface area contributed by atoms with Gasteiger partial charge in [-0.05, 0) is 36.3 Å². The van der Waals surface area contributed by atoms with Gasteiger partial charge in [-0.25, -0.2) is 0 Å². The summed E-state index contributed by atoms with van der Waals surface area (Å²) in [6, 6.07) is 17.3. The highest BCUT2D eigenvalue weighted by Gasteiger charge is 2.14. The molecule has 0 aliphatic rings. The van der Waals surface area contributed by atoms with Gasteiger partial charge in [-0.1, -0.05) is 65.4 Å². The van der Waals surface area contributed by atoms with Crippen LogP contribution < -0.4 is 10.1 Å². The molecule has 0 spiro atoms. The van der Waals surface area contributed by atoms with Crippen molar-refractivity contribution in [3.63, 3.8) is 0 Å². The highest BCUT2D eigenvalue weighted by Crippen LogP contribution is 2.26. The molecule has 0 saturated carbocycles. The van der Waals surface area contributed by atoms with E-state index in [1.807, 2.05) is 61.5 Å². The lowest BCUT2D eigenvalue weighted by Crippen LogP contribution is -2.22. The second-order valence-electron chi connectivity index (χ2n) is 5.58. The zero-order chi connectivity index (χ0) is 19.1. The monoisotopic (exact) mass is 399 g/mol. The van der Waals surface area contributed by atoms with Gasteiger partial charge in [0.15, 0.2) is 5.01 Å². The largest absolute Gasteiger partial charge is 0.494 e. The average Bonchev–Trinajstić information content (AvgIpc) is 3.18. The molecule has 27 heavy (non-hydrogen) atoms. The second kappa shape index (κ2) is 9.30. The summed E-state index contributed by atoms with van der Waals surface area (Å²) in [6.45, 7) is 2.96. The minimum absolute atomic E-state index is 0.273. The van der Waals surface area contributed by atoms with Gasteiger partial charge in [-0.3, -0.25) is 4.79 Å². The van der Waals surface area contributed by atoms with Crippen molar-refractivity contribution in [2.45, 2.75) is 13.5 Å². The Hall–Kier alpha value is -2.70. The first-order valence-electron chi connectivity index (χ1n) is 8.41. The first kappa shape index (κ1) is 19.1. The van der Waals surface area contributed by atoms with Crippen molar-refractivity contribution < 1.29 is 9.53 Å². The molecule has 1 amide bonds. The lowest BCUT2D eigenvalue weighted by molar-refractivity contribution is 0.0950. The number of nitrogens with one attached hydrogen (secondary N) is 1. The van der Waals surface area contributed by atoms with E-state index in [0.29, 0.717) is 23.2 Å². The van der Waals surface area contributed by atoms with E-state index in [1.165, 1.54) is 0 Å². The number of benzene rings is 2. The van der Waals surface area contributed by atoms with Crippen LogP contribution in [0.25, 0.3) is 11.1 Å². The summed E-state index contributed by atoms with van der Waals surface area (Å²) in [5.74, 6) is 0.499. The standard InChI is InChI=1S/C20H18ClN3O2S/c1-2-26-16-10-6-9-15(11-16)12-17(21)19-23-24-20(27-19)18(25)22-13-14-7-4-3-5-8-14/h3-12H,2,13H2,1H3,(H,22,25)/b17-12-. The minimum atomic E-state index is -0.273. The zero-order valence-corrected chi connectivity index (χ0v) is 16.3. The number of carbonyl (C=O) groups excluding carboxylic acids is 1. The molecule has 0 saturated heterocycles. The van der Waals surface area contributed by atoms with Gasteiger partial charge in [0.1, 0.15) is 5.75 Å². The van der Waals surface area contributed by atoms with Crippen molar-refractivity contribution in [2.75, 3.05) is 6.61 Å². The van der Waals surface area contributed by atoms with Crippen LogP contribution in [0, 0.1) is 0 Å². The van der Waals surface area contributed by atoms with Crippen molar-refractivity contribution in [3.05, 3.63) is 75.7 Å². The quantitative estimate of drug-likeness (QED) is 0.630. The molecule has 0 aliphatic carbocycles. The molecular formula is C20H18ClN3O2S. The SMILES string of the molecule is CCOc1cccc(/C=C(\Cl)c2nnc(C(=O)NCc3ccccc3)s2)c1. The topological polar surface area (TPSA) is 64.1 Å². The van der Waals surface area contributed by atoms with E-state index < -0.39 is 0 Å². The molecule has 0 atom stereocenters. The van der Waals surface area contributed by atoms with Crippen LogP contribution in [-0.4, -0.2) is 22.7 Å². The van der Waals surface area contributed by atoms with E-state index in [9.17, 15) is 4.79 Å². The fourth-order valence-electron chi connectivity index (χ4n) is 2.33. The van der Waals surface area contributed by atoms with Crippen LogP contribution in [0.15, 0.2) is 54.6 Å². The first-order valence-corrected chi connectivity index (χ1v) is 9.61. The van der Waals surface area contributed by atoms with E-state index in [2.05, 4.69) is 15.5 Å². The molecule has 7 heteroatoms. The van der Waals surface area contributed by atoms with Crippen molar-refractivity contribution in [2.24, 2.45) is 0 Å². The van der Waals surface area contributed by atoms with Gasteiger partial charge in [-0.15, -0.1) is 10.2 Å². The number of carbonyl (C=O) groups is 1. The van der Waals surface area contributed by atoms with Crippen LogP contribution in [0.2, 0.25) is 0 Å². The lowest BCUT2D eigenvalue weighted by Gasteiger charge is -2.03. The smallest absolute Gasteiger partial charge is 0.282 e. The van der Waals surface area contributed by atoms with Crippen LogP contribution in [0.3, 0.4) is 0 Å². The van der Waals surface area contributed by atoms with Gasteiger partial charge in [0.25, 0.3) is 5.91 Å². The summed E-state index contributed by atoms with van der Waals surface area (Å²) >= 11 is 7.51. The summed E-state index contributed by atoms with van der Waals surface area (Å²) in [4.78, 5) is 12.2. The summed E-state index contributed by atoms with van der Waals surface area (Å²) in [6.07, 6.45) is 1.77. The summed E-state index contributed by atoms with van der Waals surface area (Å²) < 4.78 is 5.48. The number of aromatic nitrogens is 2. The third-order valence-electron chi connectivity index (χ3n) is 3.58.